The van der Waals surface area contributed by atoms with Gasteiger partial charge in [-0.05, 0) is 32.6 Å². The number of aliphatic carboxylic acids is 1. The first-order valence-electron chi connectivity index (χ1n) is 7.69. The molecule has 6 heteroatoms. The number of carboxylic acid groups (broad SMARTS) is 1. The lowest BCUT2D eigenvalue weighted by atomic mass is 10.1. The molecule has 0 bridgehead atoms. The van der Waals surface area contributed by atoms with E-state index < -0.39 is 11.9 Å². The first-order valence-corrected chi connectivity index (χ1v) is 7.69. The number of urea groups is 1. The first-order chi connectivity index (χ1) is 9.92. The lowest BCUT2D eigenvalue weighted by Gasteiger charge is -2.35. The van der Waals surface area contributed by atoms with E-state index in [9.17, 15) is 9.59 Å². The van der Waals surface area contributed by atoms with E-state index in [1.54, 1.807) is 18.9 Å². The minimum atomic E-state index is -0.875. The Hall–Kier alpha value is -1.30. The summed E-state index contributed by atoms with van der Waals surface area (Å²) in [7, 11) is 1.62. The number of rotatable bonds is 9. The van der Waals surface area contributed by atoms with Crippen molar-refractivity contribution in [3.63, 3.8) is 0 Å². The zero-order chi connectivity index (χ0) is 16.0. The molecule has 122 valence electrons. The Bertz CT molecular complexity index is 358. The van der Waals surface area contributed by atoms with E-state index in [1.165, 1.54) is 0 Å². The second-order valence-electron chi connectivity index (χ2n) is 5.82. The highest BCUT2D eigenvalue weighted by molar-refractivity contribution is 5.76. The number of amides is 2. The third kappa shape index (κ3) is 5.19. The molecule has 0 spiro atoms. The average Bonchev–Trinajstić information content (AvgIpc) is 3.28. The molecular formula is C15H28N2O4. The SMILES string of the molecule is CCN(CC(C)C(=O)O)C(=O)N(CCOC)C(C)C1CC1. The average molecular weight is 300 g/mol. The summed E-state index contributed by atoms with van der Waals surface area (Å²) < 4.78 is 5.10. The maximum Gasteiger partial charge on any atom is 0.320 e. The number of methoxy groups -OCH3 is 1. The van der Waals surface area contributed by atoms with Gasteiger partial charge in [-0.1, -0.05) is 6.92 Å². The van der Waals surface area contributed by atoms with Crippen LogP contribution in [0.15, 0.2) is 0 Å². The van der Waals surface area contributed by atoms with Gasteiger partial charge in [-0.25, -0.2) is 4.79 Å². The number of hydrogen-bond acceptors (Lipinski definition) is 3. The predicted octanol–water partition coefficient (Wildman–Crippen LogP) is 1.90. The van der Waals surface area contributed by atoms with Crippen LogP contribution in [-0.2, 0) is 9.53 Å². The Morgan fingerprint density at radius 1 is 1.33 bits per heavy atom. The summed E-state index contributed by atoms with van der Waals surface area (Å²) in [6, 6.07) is 0.101. The molecule has 1 rings (SSSR count). The molecule has 0 aromatic carbocycles. The van der Waals surface area contributed by atoms with Crippen LogP contribution in [0.5, 0.6) is 0 Å². The second-order valence-corrected chi connectivity index (χ2v) is 5.82. The molecule has 2 amide bonds. The molecule has 0 aromatic heterocycles. The van der Waals surface area contributed by atoms with Gasteiger partial charge in [0.15, 0.2) is 0 Å². The van der Waals surface area contributed by atoms with Crippen LogP contribution < -0.4 is 0 Å². The van der Waals surface area contributed by atoms with Gasteiger partial charge < -0.3 is 19.6 Å². The van der Waals surface area contributed by atoms with E-state index in [2.05, 4.69) is 6.92 Å². The van der Waals surface area contributed by atoms with E-state index in [0.29, 0.717) is 25.6 Å². The number of ether oxygens (including phenoxy) is 1. The van der Waals surface area contributed by atoms with Gasteiger partial charge in [0, 0.05) is 32.8 Å². The Labute approximate surface area is 127 Å². The molecule has 6 nitrogen and oxygen atoms in total. The van der Waals surface area contributed by atoms with Crippen molar-refractivity contribution in [1.29, 1.82) is 0 Å². The highest BCUT2D eigenvalue weighted by atomic mass is 16.5. The van der Waals surface area contributed by atoms with Crippen molar-refractivity contribution in [3.05, 3.63) is 0 Å². The van der Waals surface area contributed by atoms with Gasteiger partial charge in [-0.15, -0.1) is 0 Å². The molecule has 2 atom stereocenters. The van der Waals surface area contributed by atoms with Crippen LogP contribution in [0.25, 0.3) is 0 Å². The van der Waals surface area contributed by atoms with Crippen molar-refractivity contribution in [2.24, 2.45) is 11.8 Å². The van der Waals surface area contributed by atoms with Crippen LogP contribution >= 0.6 is 0 Å². The van der Waals surface area contributed by atoms with E-state index in [-0.39, 0.29) is 18.6 Å². The Balaban J connectivity index is 2.72. The van der Waals surface area contributed by atoms with E-state index in [4.69, 9.17) is 9.84 Å². The highest BCUT2D eigenvalue weighted by Crippen LogP contribution is 2.35. The summed E-state index contributed by atoms with van der Waals surface area (Å²) in [5, 5.41) is 9.02. The molecule has 0 heterocycles. The number of nitrogens with zero attached hydrogens (tertiary/aromatic N) is 2. The Kier molecular flexibility index (Phi) is 6.95. The Morgan fingerprint density at radius 3 is 2.38 bits per heavy atom. The fourth-order valence-corrected chi connectivity index (χ4v) is 2.43. The maximum absolute atomic E-state index is 12.7. The third-order valence-electron chi connectivity index (χ3n) is 4.15. The molecule has 1 aliphatic carbocycles. The summed E-state index contributed by atoms with van der Waals surface area (Å²) >= 11 is 0. The quantitative estimate of drug-likeness (QED) is 0.706. The van der Waals surface area contributed by atoms with Crippen molar-refractivity contribution in [2.75, 3.05) is 33.4 Å². The molecule has 2 unspecified atom stereocenters. The van der Waals surface area contributed by atoms with Crippen molar-refractivity contribution in [2.45, 2.75) is 39.7 Å². The molecule has 0 radical (unpaired) electrons. The molecule has 21 heavy (non-hydrogen) atoms. The smallest absolute Gasteiger partial charge is 0.320 e. The summed E-state index contributed by atoms with van der Waals surface area (Å²) in [6.07, 6.45) is 2.32. The van der Waals surface area contributed by atoms with Gasteiger partial charge in [0.2, 0.25) is 0 Å². The monoisotopic (exact) mass is 300 g/mol. The van der Waals surface area contributed by atoms with E-state index in [0.717, 1.165) is 12.8 Å². The standard InChI is InChI=1S/C15H28N2O4/c1-5-16(10-11(2)14(18)19)15(20)17(8-9-21-4)12(3)13-6-7-13/h11-13H,5-10H2,1-4H3,(H,18,19). The minimum absolute atomic E-state index is 0.0814. The molecule has 0 aliphatic heterocycles. The predicted molar refractivity (Wildman–Crippen MR) is 80.2 cm³/mol. The van der Waals surface area contributed by atoms with Crippen molar-refractivity contribution >= 4 is 12.0 Å². The fraction of sp³-hybridized carbons (Fsp3) is 0.867. The largest absolute Gasteiger partial charge is 0.481 e. The number of hydrogen-bond donors (Lipinski definition) is 1. The molecule has 0 aromatic rings. The zero-order valence-corrected chi connectivity index (χ0v) is 13.5. The van der Waals surface area contributed by atoms with Crippen molar-refractivity contribution in [3.8, 4) is 0 Å². The summed E-state index contributed by atoms with van der Waals surface area (Å²) in [5.41, 5.74) is 0. The Morgan fingerprint density at radius 2 is 1.95 bits per heavy atom. The van der Waals surface area contributed by atoms with Crippen LogP contribution in [0.1, 0.15) is 33.6 Å². The van der Waals surface area contributed by atoms with Gasteiger partial charge in [-0.2, -0.15) is 0 Å². The minimum Gasteiger partial charge on any atom is -0.481 e. The van der Waals surface area contributed by atoms with Crippen molar-refractivity contribution in [1.82, 2.24) is 9.80 Å². The summed E-state index contributed by atoms with van der Waals surface area (Å²) in [4.78, 5) is 27.2. The number of carbonyl (C=O) groups is 2. The van der Waals surface area contributed by atoms with E-state index >= 15 is 0 Å². The normalized spacial score (nSPS) is 17.1. The van der Waals surface area contributed by atoms with Crippen LogP contribution in [0.3, 0.4) is 0 Å². The molecular weight excluding hydrogens is 272 g/mol. The molecule has 1 aliphatic rings. The van der Waals surface area contributed by atoms with Gasteiger partial charge in [-0.3, -0.25) is 4.79 Å². The molecule has 1 fully saturated rings. The lowest BCUT2D eigenvalue weighted by molar-refractivity contribution is -0.141. The fourth-order valence-electron chi connectivity index (χ4n) is 2.43. The second kappa shape index (κ2) is 8.22. The van der Waals surface area contributed by atoms with Crippen LogP contribution in [-0.4, -0.2) is 66.3 Å². The summed E-state index contributed by atoms with van der Waals surface area (Å²) in [6.45, 7) is 7.37. The van der Waals surface area contributed by atoms with Gasteiger partial charge in [0.05, 0.1) is 12.5 Å². The van der Waals surface area contributed by atoms with Crippen LogP contribution in [0, 0.1) is 11.8 Å². The van der Waals surface area contributed by atoms with Crippen LogP contribution in [0.2, 0.25) is 0 Å². The number of carbonyl (C=O) groups excluding carboxylic acids is 1. The zero-order valence-electron chi connectivity index (χ0n) is 13.5. The van der Waals surface area contributed by atoms with Crippen LogP contribution in [0.4, 0.5) is 4.79 Å². The van der Waals surface area contributed by atoms with Gasteiger partial charge in [0.1, 0.15) is 0 Å². The highest BCUT2D eigenvalue weighted by Gasteiger charge is 2.35. The first kappa shape index (κ1) is 17.8. The molecule has 1 saturated carbocycles. The van der Waals surface area contributed by atoms with Gasteiger partial charge in [0.25, 0.3) is 0 Å². The summed E-state index contributed by atoms with van der Waals surface area (Å²) in [5.74, 6) is -0.865. The third-order valence-corrected chi connectivity index (χ3v) is 4.15. The maximum atomic E-state index is 12.7. The molecule has 0 saturated heterocycles. The van der Waals surface area contributed by atoms with Crippen molar-refractivity contribution < 1.29 is 19.4 Å². The topological polar surface area (TPSA) is 70.1 Å². The van der Waals surface area contributed by atoms with E-state index in [1.807, 2.05) is 11.8 Å². The molecule has 1 N–H and O–H groups in total. The lowest BCUT2D eigenvalue weighted by Crippen LogP contribution is -2.50. The van der Waals surface area contributed by atoms with Gasteiger partial charge >= 0.3 is 12.0 Å². The number of carboxylic acids is 1.